The molecule has 1 aromatic rings. The van der Waals surface area contributed by atoms with Crippen LogP contribution in [0, 0.1) is 0 Å². The molecule has 0 spiro atoms. The van der Waals surface area contributed by atoms with Gasteiger partial charge < -0.3 is 16.4 Å². The summed E-state index contributed by atoms with van der Waals surface area (Å²) in [5.41, 5.74) is 8.07. The molecule has 110 valence electrons. The number of anilines is 2. The first-order chi connectivity index (χ1) is 9.65. The van der Waals surface area contributed by atoms with Gasteiger partial charge >= 0.3 is 0 Å². The maximum absolute atomic E-state index is 11.5. The predicted molar refractivity (Wildman–Crippen MR) is 83.0 cm³/mol. The van der Waals surface area contributed by atoms with Gasteiger partial charge in [0, 0.05) is 31.7 Å². The van der Waals surface area contributed by atoms with E-state index in [2.05, 4.69) is 22.5 Å². The van der Waals surface area contributed by atoms with Crippen molar-refractivity contribution in [3.05, 3.63) is 23.8 Å². The van der Waals surface area contributed by atoms with Crippen LogP contribution in [0.1, 0.15) is 30.1 Å². The van der Waals surface area contributed by atoms with E-state index in [0.717, 1.165) is 31.4 Å². The molecule has 0 aliphatic heterocycles. The molecule has 5 nitrogen and oxygen atoms in total. The highest BCUT2D eigenvalue weighted by atomic mass is 16.1. The van der Waals surface area contributed by atoms with Crippen molar-refractivity contribution in [1.82, 2.24) is 10.2 Å². The zero-order chi connectivity index (χ0) is 14.5. The monoisotopic (exact) mass is 276 g/mol. The molecule has 2 rings (SSSR count). The number of likely N-dealkylation sites (N-methyl/N-ethyl adjacent to an activating group) is 1. The topological polar surface area (TPSA) is 70.4 Å². The summed E-state index contributed by atoms with van der Waals surface area (Å²) in [7, 11) is 1.61. The van der Waals surface area contributed by atoms with Gasteiger partial charge in [0.15, 0.2) is 0 Å². The third-order valence-corrected chi connectivity index (χ3v) is 3.72. The van der Waals surface area contributed by atoms with E-state index in [1.54, 1.807) is 19.2 Å². The van der Waals surface area contributed by atoms with Crippen LogP contribution in [0.3, 0.4) is 0 Å². The number of rotatable bonds is 7. The van der Waals surface area contributed by atoms with Crippen molar-refractivity contribution in [2.45, 2.75) is 25.8 Å². The lowest BCUT2D eigenvalue weighted by Crippen LogP contribution is -2.31. The molecule has 1 aromatic carbocycles. The minimum absolute atomic E-state index is 0.117. The van der Waals surface area contributed by atoms with Crippen LogP contribution < -0.4 is 16.4 Å². The molecule has 0 bridgehead atoms. The zero-order valence-corrected chi connectivity index (χ0v) is 12.3. The van der Waals surface area contributed by atoms with E-state index in [9.17, 15) is 4.79 Å². The van der Waals surface area contributed by atoms with Crippen molar-refractivity contribution in [2.75, 3.05) is 37.7 Å². The highest BCUT2D eigenvalue weighted by Gasteiger charge is 2.27. The molecule has 1 aliphatic carbocycles. The fourth-order valence-electron chi connectivity index (χ4n) is 2.38. The summed E-state index contributed by atoms with van der Waals surface area (Å²) < 4.78 is 0. The second-order valence-electron chi connectivity index (χ2n) is 5.17. The molecule has 0 saturated heterocycles. The highest BCUT2D eigenvalue weighted by molar-refractivity contribution is 5.95. The van der Waals surface area contributed by atoms with Crippen molar-refractivity contribution in [1.29, 1.82) is 0 Å². The number of carbonyl (C=O) groups excluding carboxylic acids is 1. The Hall–Kier alpha value is -1.75. The van der Waals surface area contributed by atoms with Crippen molar-refractivity contribution < 1.29 is 4.79 Å². The van der Waals surface area contributed by atoms with E-state index in [-0.39, 0.29) is 5.91 Å². The van der Waals surface area contributed by atoms with Gasteiger partial charge in [-0.1, -0.05) is 6.92 Å². The maximum atomic E-state index is 11.5. The molecule has 1 fully saturated rings. The van der Waals surface area contributed by atoms with Crippen molar-refractivity contribution in [3.8, 4) is 0 Å². The van der Waals surface area contributed by atoms with Gasteiger partial charge in [-0.05, 0) is 37.6 Å². The molecule has 0 unspecified atom stereocenters. The fraction of sp³-hybridized carbons (Fsp3) is 0.533. The van der Waals surface area contributed by atoms with Crippen LogP contribution in [0.15, 0.2) is 18.2 Å². The Labute approximate surface area is 120 Å². The normalized spacial score (nSPS) is 14.3. The fourth-order valence-corrected chi connectivity index (χ4v) is 2.38. The van der Waals surface area contributed by atoms with E-state index < -0.39 is 0 Å². The predicted octanol–water partition coefficient (Wildman–Crippen LogP) is 1.52. The average molecular weight is 276 g/mol. The third kappa shape index (κ3) is 3.63. The second-order valence-corrected chi connectivity index (χ2v) is 5.17. The maximum Gasteiger partial charge on any atom is 0.251 e. The van der Waals surface area contributed by atoms with Crippen LogP contribution in [0.4, 0.5) is 11.4 Å². The lowest BCUT2D eigenvalue weighted by Gasteiger charge is -2.20. The van der Waals surface area contributed by atoms with Gasteiger partial charge in [-0.3, -0.25) is 9.69 Å². The van der Waals surface area contributed by atoms with Crippen LogP contribution in [0.5, 0.6) is 0 Å². The van der Waals surface area contributed by atoms with Crippen molar-refractivity contribution in [2.24, 2.45) is 0 Å². The van der Waals surface area contributed by atoms with Gasteiger partial charge in [0.25, 0.3) is 5.91 Å². The van der Waals surface area contributed by atoms with Gasteiger partial charge in [-0.15, -0.1) is 0 Å². The molecule has 20 heavy (non-hydrogen) atoms. The molecule has 0 heterocycles. The smallest absolute Gasteiger partial charge is 0.251 e. The number of nitrogens with one attached hydrogen (secondary N) is 2. The molecule has 4 N–H and O–H groups in total. The minimum Gasteiger partial charge on any atom is -0.397 e. The molecule has 1 saturated carbocycles. The summed E-state index contributed by atoms with van der Waals surface area (Å²) in [6.45, 7) is 5.19. The lowest BCUT2D eigenvalue weighted by molar-refractivity contribution is 0.0963. The highest BCUT2D eigenvalue weighted by Crippen LogP contribution is 2.26. The van der Waals surface area contributed by atoms with Crippen LogP contribution in [-0.2, 0) is 0 Å². The van der Waals surface area contributed by atoms with E-state index in [4.69, 9.17) is 5.73 Å². The van der Waals surface area contributed by atoms with Gasteiger partial charge in [0.2, 0.25) is 0 Å². The molecule has 1 aliphatic rings. The van der Waals surface area contributed by atoms with E-state index in [0.29, 0.717) is 11.3 Å². The number of carbonyl (C=O) groups is 1. The Morgan fingerprint density at radius 3 is 2.75 bits per heavy atom. The van der Waals surface area contributed by atoms with Gasteiger partial charge in [-0.2, -0.15) is 0 Å². The Bertz CT molecular complexity index is 471. The molecule has 0 aromatic heterocycles. The van der Waals surface area contributed by atoms with Crippen LogP contribution in [-0.4, -0.2) is 43.5 Å². The Morgan fingerprint density at radius 1 is 1.45 bits per heavy atom. The van der Waals surface area contributed by atoms with Crippen LogP contribution >= 0.6 is 0 Å². The number of benzene rings is 1. The summed E-state index contributed by atoms with van der Waals surface area (Å²) in [5, 5.41) is 5.94. The van der Waals surface area contributed by atoms with E-state index >= 15 is 0 Å². The first kappa shape index (κ1) is 14.7. The standard InChI is InChI=1S/C15H24N4O/c1-3-19(12-5-6-12)9-8-18-14-7-4-11(10-13(14)16)15(20)17-2/h4,7,10,12,18H,3,5-6,8-9,16H2,1-2H3,(H,17,20). The largest absolute Gasteiger partial charge is 0.397 e. The third-order valence-electron chi connectivity index (χ3n) is 3.72. The summed E-state index contributed by atoms with van der Waals surface area (Å²) in [6.07, 6.45) is 2.66. The number of hydrogen-bond donors (Lipinski definition) is 3. The van der Waals surface area contributed by atoms with Gasteiger partial charge in [-0.25, -0.2) is 0 Å². The lowest BCUT2D eigenvalue weighted by atomic mass is 10.1. The molecule has 0 atom stereocenters. The second kappa shape index (κ2) is 6.61. The number of nitrogen functional groups attached to an aromatic ring is 1. The minimum atomic E-state index is -0.117. The molecule has 0 radical (unpaired) electrons. The van der Waals surface area contributed by atoms with Crippen molar-refractivity contribution >= 4 is 17.3 Å². The number of nitrogens with zero attached hydrogens (tertiary/aromatic N) is 1. The first-order valence-corrected chi connectivity index (χ1v) is 7.25. The summed E-state index contributed by atoms with van der Waals surface area (Å²) in [4.78, 5) is 14.0. The average Bonchev–Trinajstić information content (AvgIpc) is 3.28. The number of amides is 1. The summed E-state index contributed by atoms with van der Waals surface area (Å²) >= 11 is 0. The van der Waals surface area contributed by atoms with Crippen LogP contribution in [0.2, 0.25) is 0 Å². The first-order valence-electron chi connectivity index (χ1n) is 7.25. The van der Waals surface area contributed by atoms with Crippen molar-refractivity contribution in [3.63, 3.8) is 0 Å². The van der Waals surface area contributed by atoms with Crippen LogP contribution in [0.25, 0.3) is 0 Å². The molecule has 5 heteroatoms. The number of hydrogen-bond acceptors (Lipinski definition) is 4. The Kier molecular flexibility index (Phi) is 4.84. The quantitative estimate of drug-likeness (QED) is 0.660. The Morgan fingerprint density at radius 2 is 2.20 bits per heavy atom. The van der Waals surface area contributed by atoms with E-state index in [1.807, 2.05) is 6.07 Å². The zero-order valence-electron chi connectivity index (χ0n) is 12.3. The molecular formula is C15H24N4O. The van der Waals surface area contributed by atoms with Gasteiger partial charge in [0.1, 0.15) is 0 Å². The Balaban J connectivity index is 1.87. The molecular weight excluding hydrogens is 252 g/mol. The van der Waals surface area contributed by atoms with Gasteiger partial charge in [0.05, 0.1) is 11.4 Å². The number of nitrogens with two attached hydrogens (primary N) is 1. The summed E-state index contributed by atoms with van der Waals surface area (Å²) in [5.74, 6) is -0.117. The molecule has 1 amide bonds. The van der Waals surface area contributed by atoms with E-state index in [1.165, 1.54) is 12.8 Å². The summed E-state index contributed by atoms with van der Waals surface area (Å²) in [6, 6.07) is 6.15. The SMILES string of the molecule is CCN(CCNc1ccc(C(=O)NC)cc1N)C1CC1.